The summed E-state index contributed by atoms with van der Waals surface area (Å²) in [5.74, 6) is 1.40. The van der Waals surface area contributed by atoms with E-state index < -0.39 is 0 Å². The monoisotopic (exact) mass is 323 g/mol. The maximum atomic E-state index is 12.7. The van der Waals surface area contributed by atoms with Crippen molar-refractivity contribution in [1.29, 1.82) is 0 Å². The van der Waals surface area contributed by atoms with Gasteiger partial charge in [0.05, 0.1) is 19.4 Å². The first-order chi connectivity index (χ1) is 11.7. The minimum Gasteiger partial charge on any atom is -0.493 e. The summed E-state index contributed by atoms with van der Waals surface area (Å²) in [6.45, 7) is 5.15. The molecular formula is C20H21NO3. The molecule has 3 rings (SSSR count). The molecular weight excluding hydrogens is 302 g/mol. The molecule has 0 spiro atoms. The first-order valence-electron chi connectivity index (χ1n) is 8.13. The second-order valence-corrected chi connectivity index (χ2v) is 5.47. The largest absolute Gasteiger partial charge is 0.493 e. The molecule has 0 atom stereocenters. The summed E-state index contributed by atoms with van der Waals surface area (Å²) < 4.78 is 10.9. The first kappa shape index (κ1) is 16.1. The molecule has 1 aliphatic rings. The van der Waals surface area contributed by atoms with Crippen LogP contribution in [-0.2, 0) is 4.79 Å². The van der Waals surface area contributed by atoms with Gasteiger partial charge in [0.15, 0.2) is 11.5 Å². The third-order valence-electron chi connectivity index (χ3n) is 4.08. The van der Waals surface area contributed by atoms with E-state index in [2.05, 4.69) is 0 Å². The van der Waals surface area contributed by atoms with Crippen LogP contribution in [0.1, 0.15) is 25.0 Å². The van der Waals surface area contributed by atoms with Crippen molar-refractivity contribution in [3.05, 3.63) is 53.6 Å². The lowest BCUT2D eigenvalue weighted by Crippen LogP contribution is -2.25. The summed E-state index contributed by atoms with van der Waals surface area (Å²) in [6, 6.07) is 13.6. The number of methoxy groups -OCH3 is 1. The van der Waals surface area contributed by atoms with Gasteiger partial charge in [0.2, 0.25) is 0 Å². The van der Waals surface area contributed by atoms with Crippen LogP contribution in [0.3, 0.4) is 0 Å². The fourth-order valence-electron chi connectivity index (χ4n) is 2.98. The zero-order valence-electron chi connectivity index (χ0n) is 14.2. The molecule has 1 amide bonds. The first-order valence-corrected chi connectivity index (χ1v) is 8.13. The fraction of sp³-hybridized carbons (Fsp3) is 0.250. The Labute approximate surface area is 142 Å². The Balaban J connectivity index is 2.04. The normalized spacial score (nSPS) is 14.9. The van der Waals surface area contributed by atoms with Crippen LogP contribution in [0.15, 0.2) is 42.5 Å². The molecule has 24 heavy (non-hydrogen) atoms. The van der Waals surface area contributed by atoms with Crippen molar-refractivity contribution in [3.63, 3.8) is 0 Å². The Kier molecular flexibility index (Phi) is 4.56. The van der Waals surface area contributed by atoms with E-state index in [1.807, 2.05) is 62.4 Å². The van der Waals surface area contributed by atoms with Crippen LogP contribution in [-0.4, -0.2) is 26.2 Å². The van der Waals surface area contributed by atoms with Crippen molar-refractivity contribution in [2.24, 2.45) is 0 Å². The van der Waals surface area contributed by atoms with E-state index in [4.69, 9.17) is 9.47 Å². The Morgan fingerprint density at radius 1 is 1.08 bits per heavy atom. The van der Waals surface area contributed by atoms with Crippen LogP contribution in [0.4, 0.5) is 5.69 Å². The van der Waals surface area contributed by atoms with Gasteiger partial charge in [-0.25, -0.2) is 0 Å². The van der Waals surface area contributed by atoms with E-state index in [1.165, 1.54) is 0 Å². The van der Waals surface area contributed by atoms with Gasteiger partial charge in [-0.05, 0) is 43.7 Å². The lowest BCUT2D eigenvalue weighted by molar-refractivity contribution is -0.112. The van der Waals surface area contributed by atoms with Crippen molar-refractivity contribution in [3.8, 4) is 11.5 Å². The molecule has 4 nitrogen and oxygen atoms in total. The van der Waals surface area contributed by atoms with Gasteiger partial charge >= 0.3 is 0 Å². The highest BCUT2D eigenvalue weighted by molar-refractivity contribution is 6.35. The predicted octanol–water partition coefficient (Wildman–Crippen LogP) is 4.00. The van der Waals surface area contributed by atoms with Crippen LogP contribution in [0.25, 0.3) is 11.6 Å². The molecule has 0 saturated carbocycles. The van der Waals surface area contributed by atoms with Gasteiger partial charge in [0.1, 0.15) is 0 Å². The van der Waals surface area contributed by atoms with Crippen molar-refractivity contribution in [1.82, 2.24) is 0 Å². The molecule has 0 radical (unpaired) electrons. The molecule has 2 aromatic carbocycles. The summed E-state index contributed by atoms with van der Waals surface area (Å²) in [6.07, 6.45) is 1.91. The minimum atomic E-state index is 0.0338. The van der Waals surface area contributed by atoms with E-state index in [0.717, 1.165) is 16.8 Å². The topological polar surface area (TPSA) is 38.8 Å². The lowest BCUT2D eigenvalue weighted by atomic mass is 10.0. The van der Waals surface area contributed by atoms with Crippen molar-refractivity contribution in [2.45, 2.75) is 13.8 Å². The highest BCUT2D eigenvalue weighted by Crippen LogP contribution is 2.38. The molecule has 1 aliphatic heterocycles. The number of rotatable bonds is 5. The van der Waals surface area contributed by atoms with Gasteiger partial charge < -0.3 is 14.4 Å². The highest BCUT2D eigenvalue weighted by Gasteiger charge is 2.30. The summed E-state index contributed by atoms with van der Waals surface area (Å²) in [4.78, 5) is 14.5. The summed E-state index contributed by atoms with van der Waals surface area (Å²) in [5, 5.41) is 0. The zero-order valence-corrected chi connectivity index (χ0v) is 14.2. The molecule has 0 unspecified atom stereocenters. The molecule has 0 aromatic heterocycles. The third-order valence-corrected chi connectivity index (χ3v) is 4.08. The molecule has 1 heterocycles. The Morgan fingerprint density at radius 2 is 1.88 bits per heavy atom. The molecule has 0 saturated heterocycles. The number of carbonyl (C=O) groups is 1. The number of anilines is 1. The van der Waals surface area contributed by atoms with Gasteiger partial charge in [-0.1, -0.05) is 24.3 Å². The molecule has 0 N–H and O–H groups in total. The van der Waals surface area contributed by atoms with Crippen molar-refractivity contribution < 1.29 is 14.3 Å². The number of para-hydroxylation sites is 1. The molecule has 0 aliphatic carbocycles. The van der Waals surface area contributed by atoms with Crippen molar-refractivity contribution >= 4 is 23.2 Å². The molecule has 124 valence electrons. The van der Waals surface area contributed by atoms with Gasteiger partial charge in [-0.2, -0.15) is 0 Å². The van der Waals surface area contributed by atoms with E-state index in [0.29, 0.717) is 30.2 Å². The van der Waals surface area contributed by atoms with Crippen LogP contribution in [0.2, 0.25) is 0 Å². The minimum absolute atomic E-state index is 0.0338. The van der Waals surface area contributed by atoms with Crippen molar-refractivity contribution in [2.75, 3.05) is 25.2 Å². The number of carbonyl (C=O) groups excluding carboxylic acids is 1. The highest BCUT2D eigenvalue weighted by atomic mass is 16.5. The maximum Gasteiger partial charge on any atom is 0.258 e. The number of nitrogens with zero attached hydrogens (tertiary/aromatic N) is 1. The second kappa shape index (κ2) is 6.79. The second-order valence-electron chi connectivity index (χ2n) is 5.47. The van der Waals surface area contributed by atoms with E-state index in [-0.39, 0.29) is 5.91 Å². The van der Waals surface area contributed by atoms with E-state index >= 15 is 0 Å². The number of hydrogen-bond donors (Lipinski definition) is 0. The Bertz CT molecular complexity index is 795. The van der Waals surface area contributed by atoms with Crippen LogP contribution in [0.5, 0.6) is 11.5 Å². The quantitative estimate of drug-likeness (QED) is 0.781. The number of fused-ring (bicyclic) bond motifs is 1. The third kappa shape index (κ3) is 2.75. The fourth-order valence-corrected chi connectivity index (χ4v) is 2.98. The Morgan fingerprint density at radius 3 is 2.58 bits per heavy atom. The average Bonchev–Trinajstić information content (AvgIpc) is 2.88. The van der Waals surface area contributed by atoms with Gasteiger partial charge in [-0.15, -0.1) is 0 Å². The SMILES string of the molecule is CCOc1ccc(/C=C2\C(=O)N(CC)c3ccccc32)cc1OC. The van der Waals surface area contributed by atoms with E-state index in [1.54, 1.807) is 12.0 Å². The zero-order chi connectivity index (χ0) is 17.1. The summed E-state index contributed by atoms with van der Waals surface area (Å²) >= 11 is 0. The van der Waals surface area contributed by atoms with Gasteiger partial charge in [0.25, 0.3) is 5.91 Å². The summed E-state index contributed by atoms with van der Waals surface area (Å²) in [7, 11) is 1.61. The maximum absolute atomic E-state index is 12.7. The van der Waals surface area contributed by atoms with Crippen LogP contribution in [0, 0.1) is 0 Å². The molecule has 4 heteroatoms. The number of hydrogen-bond acceptors (Lipinski definition) is 3. The predicted molar refractivity (Wildman–Crippen MR) is 96.5 cm³/mol. The number of ether oxygens (including phenoxy) is 2. The molecule has 2 aromatic rings. The summed E-state index contributed by atoms with van der Waals surface area (Å²) in [5.41, 5.74) is 3.55. The standard InChI is InChI=1S/C20H21NO3/c1-4-21-17-9-7-6-8-15(17)16(20(21)22)12-14-10-11-18(24-5-2)19(13-14)23-3/h6-13H,4-5H2,1-3H3/b16-12-. The lowest BCUT2D eigenvalue weighted by Gasteiger charge is -2.13. The molecule has 0 bridgehead atoms. The van der Waals surface area contributed by atoms with Gasteiger partial charge in [-0.3, -0.25) is 4.79 Å². The number of amides is 1. The number of benzene rings is 2. The average molecular weight is 323 g/mol. The molecule has 0 fully saturated rings. The van der Waals surface area contributed by atoms with Gasteiger partial charge in [0, 0.05) is 17.7 Å². The van der Waals surface area contributed by atoms with E-state index in [9.17, 15) is 4.79 Å². The smallest absolute Gasteiger partial charge is 0.258 e. The van der Waals surface area contributed by atoms with Crippen LogP contribution >= 0.6 is 0 Å². The number of likely N-dealkylation sites (N-methyl/N-ethyl adjacent to an activating group) is 1. The Hall–Kier alpha value is -2.75. The van der Waals surface area contributed by atoms with Crippen LogP contribution < -0.4 is 14.4 Å².